The minimum Gasteiger partial charge on any atom is -0.370 e. The smallest absolute Gasteiger partial charge is 0.0844 e. The lowest BCUT2D eigenvalue weighted by atomic mass is 9.74. The van der Waals surface area contributed by atoms with Crippen molar-refractivity contribution in [2.24, 2.45) is 11.8 Å². The van der Waals surface area contributed by atoms with Crippen LogP contribution in [0.5, 0.6) is 0 Å². The average molecular weight is 631 g/mol. The molecule has 0 aromatic rings. The van der Waals surface area contributed by atoms with Crippen molar-refractivity contribution in [3.05, 3.63) is 0 Å². The number of hydrogen-bond acceptors (Lipinski definition) is 1. The number of rotatable bonds is 36. The Bertz CT molecular complexity index is 536. The van der Waals surface area contributed by atoms with Gasteiger partial charge < -0.3 is 4.74 Å². The van der Waals surface area contributed by atoms with Crippen molar-refractivity contribution in [2.45, 2.75) is 270 Å². The third-order valence-corrected chi connectivity index (χ3v) is 11.8. The van der Waals surface area contributed by atoms with Crippen LogP contribution >= 0.6 is 0 Å². The highest BCUT2D eigenvalue weighted by Gasteiger charge is 2.47. The van der Waals surface area contributed by atoms with E-state index in [-0.39, 0.29) is 0 Å². The van der Waals surface area contributed by atoms with Gasteiger partial charge in [-0.05, 0) is 24.7 Å². The van der Waals surface area contributed by atoms with Gasteiger partial charge in [0.05, 0.1) is 12.2 Å². The summed E-state index contributed by atoms with van der Waals surface area (Å²) in [4.78, 5) is 0. The van der Waals surface area contributed by atoms with Crippen LogP contribution < -0.4 is 0 Å². The maximum Gasteiger partial charge on any atom is 0.0844 e. The Kier molecular flexibility index (Phi) is 28.6. The molecular weight excluding hydrogens is 544 g/mol. The number of unbranched alkanes of at least 4 members (excludes halogenated alkanes) is 32. The third-order valence-electron chi connectivity index (χ3n) is 11.8. The lowest BCUT2D eigenvalue weighted by Gasteiger charge is -2.29. The quantitative estimate of drug-likeness (QED) is 0.0495. The predicted molar refractivity (Wildman–Crippen MR) is 202 cm³/mol. The van der Waals surface area contributed by atoms with E-state index in [4.69, 9.17) is 4.74 Å². The van der Waals surface area contributed by atoms with Gasteiger partial charge in [0, 0.05) is 0 Å². The summed E-state index contributed by atoms with van der Waals surface area (Å²) in [5.74, 6) is 1.96. The molecule has 0 N–H and O–H groups in total. The van der Waals surface area contributed by atoms with Gasteiger partial charge in [-0.25, -0.2) is 0 Å². The van der Waals surface area contributed by atoms with Crippen molar-refractivity contribution in [1.82, 2.24) is 0 Å². The second-order valence-electron chi connectivity index (χ2n) is 16.1. The van der Waals surface area contributed by atoms with E-state index in [9.17, 15) is 0 Å². The zero-order valence-electron chi connectivity index (χ0n) is 31.6. The van der Waals surface area contributed by atoms with Crippen molar-refractivity contribution >= 4 is 0 Å². The zero-order valence-corrected chi connectivity index (χ0v) is 31.6. The molecule has 45 heavy (non-hydrogen) atoms. The molecule has 1 saturated heterocycles. The molecule has 1 saturated carbocycles. The summed E-state index contributed by atoms with van der Waals surface area (Å²) in [6.45, 7) is 4.63. The van der Waals surface area contributed by atoms with E-state index in [1.54, 1.807) is 0 Å². The lowest BCUT2D eigenvalue weighted by Crippen LogP contribution is -2.24. The van der Waals surface area contributed by atoms with E-state index in [1.165, 1.54) is 244 Å². The first-order valence-electron chi connectivity index (χ1n) is 22.0. The van der Waals surface area contributed by atoms with Crippen LogP contribution in [0.4, 0.5) is 0 Å². The molecular formula is C44H86O. The van der Waals surface area contributed by atoms with E-state index >= 15 is 0 Å². The van der Waals surface area contributed by atoms with Gasteiger partial charge in [-0.1, -0.05) is 245 Å². The van der Waals surface area contributed by atoms with E-state index in [0.717, 1.165) is 11.8 Å². The molecule has 1 nitrogen and oxygen atoms in total. The lowest BCUT2D eigenvalue weighted by molar-refractivity contribution is 0.224. The Morgan fingerprint density at radius 2 is 0.489 bits per heavy atom. The van der Waals surface area contributed by atoms with E-state index in [2.05, 4.69) is 13.8 Å². The molecule has 0 spiro atoms. The number of fused-ring (bicyclic) bond motifs is 1. The number of hydrogen-bond donors (Lipinski definition) is 0. The Morgan fingerprint density at radius 1 is 0.289 bits per heavy atom. The molecule has 0 amide bonds. The fourth-order valence-electron chi connectivity index (χ4n) is 8.55. The maximum atomic E-state index is 6.01. The molecule has 0 bridgehead atoms. The van der Waals surface area contributed by atoms with Gasteiger partial charge in [0.1, 0.15) is 0 Å². The molecule has 1 heteroatoms. The van der Waals surface area contributed by atoms with Crippen LogP contribution in [0.25, 0.3) is 0 Å². The van der Waals surface area contributed by atoms with Crippen molar-refractivity contribution in [3.8, 4) is 0 Å². The van der Waals surface area contributed by atoms with Gasteiger partial charge in [-0.2, -0.15) is 0 Å². The molecule has 2 rings (SSSR count). The van der Waals surface area contributed by atoms with Crippen molar-refractivity contribution in [3.63, 3.8) is 0 Å². The van der Waals surface area contributed by atoms with Crippen molar-refractivity contribution in [2.75, 3.05) is 0 Å². The highest BCUT2D eigenvalue weighted by Crippen LogP contribution is 2.46. The van der Waals surface area contributed by atoms with Gasteiger partial charge in [-0.3, -0.25) is 0 Å². The van der Waals surface area contributed by atoms with E-state index < -0.39 is 0 Å². The molecule has 4 unspecified atom stereocenters. The molecule has 2 fully saturated rings. The monoisotopic (exact) mass is 631 g/mol. The summed E-state index contributed by atoms with van der Waals surface area (Å²) in [7, 11) is 0. The number of ether oxygens (including phenoxy) is 1. The minimum atomic E-state index is 0.660. The first-order valence-corrected chi connectivity index (χ1v) is 22.0. The first-order chi connectivity index (χ1) is 22.3. The predicted octanol–water partition coefficient (Wildman–Crippen LogP) is 15.9. The van der Waals surface area contributed by atoms with Gasteiger partial charge in [0.2, 0.25) is 0 Å². The van der Waals surface area contributed by atoms with Gasteiger partial charge >= 0.3 is 0 Å². The van der Waals surface area contributed by atoms with Gasteiger partial charge in [0.25, 0.3) is 0 Å². The molecule has 0 radical (unpaired) electrons. The standard InChI is InChI=1S/C44H86O/c1-3-5-7-9-11-13-15-17-19-21-23-25-27-29-31-33-35-37-41-39-43-44(45-43)40-42(41)38-36-34-32-30-28-26-24-22-20-18-16-14-12-10-8-6-4-2/h41-44H,3-40H2,1-2H3. The molecule has 1 heterocycles. The van der Waals surface area contributed by atoms with E-state index in [0.29, 0.717) is 12.2 Å². The fourth-order valence-corrected chi connectivity index (χ4v) is 8.55. The minimum absolute atomic E-state index is 0.660. The zero-order chi connectivity index (χ0) is 31.9. The molecule has 1 aliphatic carbocycles. The van der Waals surface area contributed by atoms with Gasteiger partial charge in [-0.15, -0.1) is 0 Å². The Labute approximate surface area is 286 Å². The van der Waals surface area contributed by atoms with Crippen molar-refractivity contribution in [1.29, 1.82) is 0 Å². The van der Waals surface area contributed by atoms with Crippen LogP contribution in [-0.2, 0) is 4.74 Å². The SMILES string of the molecule is CCCCCCCCCCCCCCCCCCCC1CC2OC2CC1CCCCCCCCCCCCCCCCCCC. The molecule has 1 aliphatic heterocycles. The van der Waals surface area contributed by atoms with Crippen LogP contribution in [0.15, 0.2) is 0 Å². The second kappa shape index (κ2) is 31.2. The highest BCUT2D eigenvalue weighted by molar-refractivity contribution is 4.95. The van der Waals surface area contributed by atoms with Crippen molar-refractivity contribution < 1.29 is 4.74 Å². The molecule has 2 aliphatic rings. The molecule has 0 aromatic heterocycles. The fraction of sp³-hybridized carbons (Fsp3) is 1.00. The Hall–Kier alpha value is -0.0400. The van der Waals surface area contributed by atoms with Crippen LogP contribution in [0.1, 0.15) is 258 Å². The van der Waals surface area contributed by atoms with Crippen LogP contribution in [0, 0.1) is 11.8 Å². The first kappa shape index (κ1) is 41.1. The summed E-state index contributed by atoms with van der Waals surface area (Å²) in [5.41, 5.74) is 0. The van der Waals surface area contributed by atoms with Crippen LogP contribution in [-0.4, -0.2) is 12.2 Å². The van der Waals surface area contributed by atoms with Gasteiger partial charge in [0.15, 0.2) is 0 Å². The number of epoxide rings is 1. The third kappa shape index (κ3) is 24.7. The normalized spacial score (nSPS) is 20.9. The highest BCUT2D eigenvalue weighted by atomic mass is 16.6. The summed E-state index contributed by atoms with van der Waals surface area (Å²) >= 11 is 0. The maximum absolute atomic E-state index is 6.01. The summed E-state index contributed by atoms with van der Waals surface area (Å²) in [5, 5.41) is 0. The van der Waals surface area contributed by atoms with E-state index in [1.807, 2.05) is 0 Å². The molecule has 268 valence electrons. The summed E-state index contributed by atoms with van der Waals surface area (Å²) in [6.07, 6.45) is 57.2. The largest absolute Gasteiger partial charge is 0.370 e. The van der Waals surface area contributed by atoms with Crippen LogP contribution in [0.3, 0.4) is 0 Å². The molecule has 4 atom stereocenters. The summed E-state index contributed by atoms with van der Waals surface area (Å²) < 4.78 is 6.01. The average Bonchev–Trinajstić information content (AvgIpc) is 3.82. The van der Waals surface area contributed by atoms with Crippen LogP contribution in [0.2, 0.25) is 0 Å². The Morgan fingerprint density at radius 3 is 0.711 bits per heavy atom. The topological polar surface area (TPSA) is 12.5 Å². The Balaban J connectivity index is 1.31. The second-order valence-corrected chi connectivity index (χ2v) is 16.1. The summed E-state index contributed by atoms with van der Waals surface area (Å²) in [6, 6.07) is 0. The molecule has 0 aromatic carbocycles.